The average molecular weight is 256 g/mol. The highest BCUT2D eigenvalue weighted by molar-refractivity contribution is 9.10. The van der Waals surface area contributed by atoms with Crippen molar-refractivity contribution < 1.29 is 0 Å². The van der Waals surface area contributed by atoms with Crippen molar-refractivity contribution in [3.05, 3.63) is 33.8 Å². The first kappa shape index (κ1) is 11.7. The molecule has 1 rings (SSSR count). The fourth-order valence-electron chi connectivity index (χ4n) is 1.66. The van der Waals surface area contributed by atoms with E-state index in [2.05, 4.69) is 48.8 Å². The van der Waals surface area contributed by atoms with Gasteiger partial charge < -0.3 is 5.73 Å². The molecular weight excluding hydrogens is 238 g/mol. The van der Waals surface area contributed by atoms with Crippen LogP contribution < -0.4 is 5.73 Å². The van der Waals surface area contributed by atoms with E-state index in [-0.39, 0.29) is 6.04 Å². The second-order valence-electron chi connectivity index (χ2n) is 4.19. The number of rotatable bonds is 3. The molecule has 0 saturated heterocycles. The highest BCUT2D eigenvalue weighted by Gasteiger charge is 2.11. The lowest BCUT2D eigenvalue weighted by atomic mass is 9.95. The fraction of sp³-hybridized carbons (Fsp3) is 0.500. The summed E-state index contributed by atoms with van der Waals surface area (Å²) in [6, 6.07) is 6.38. The number of hydrogen-bond donors (Lipinski definition) is 1. The predicted molar refractivity (Wildman–Crippen MR) is 65.3 cm³/mol. The van der Waals surface area contributed by atoms with Crippen LogP contribution in [0.15, 0.2) is 22.7 Å². The molecule has 0 saturated carbocycles. The zero-order chi connectivity index (χ0) is 10.7. The number of hydrogen-bond acceptors (Lipinski definition) is 1. The van der Waals surface area contributed by atoms with Crippen molar-refractivity contribution in [2.24, 2.45) is 11.7 Å². The largest absolute Gasteiger partial charge is 0.324 e. The summed E-state index contributed by atoms with van der Waals surface area (Å²) in [6.45, 7) is 6.51. The van der Waals surface area contributed by atoms with Crippen molar-refractivity contribution in [3.8, 4) is 0 Å². The minimum absolute atomic E-state index is 0.160. The molecule has 0 aliphatic carbocycles. The van der Waals surface area contributed by atoms with E-state index in [0.29, 0.717) is 5.92 Å². The van der Waals surface area contributed by atoms with Crippen molar-refractivity contribution in [3.63, 3.8) is 0 Å². The molecule has 0 bridgehead atoms. The summed E-state index contributed by atoms with van der Waals surface area (Å²) in [4.78, 5) is 0. The molecule has 78 valence electrons. The van der Waals surface area contributed by atoms with Gasteiger partial charge in [0.25, 0.3) is 0 Å². The van der Waals surface area contributed by atoms with Gasteiger partial charge in [0, 0.05) is 10.5 Å². The van der Waals surface area contributed by atoms with Crippen LogP contribution in [0.1, 0.15) is 37.4 Å². The van der Waals surface area contributed by atoms with Crippen molar-refractivity contribution in [2.45, 2.75) is 33.2 Å². The van der Waals surface area contributed by atoms with Gasteiger partial charge in [0.2, 0.25) is 0 Å². The predicted octanol–water partition coefficient (Wildman–Crippen LogP) is 3.80. The molecule has 1 aromatic rings. The Morgan fingerprint density at radius 2 is 2.00 bits per heavy atom. The van der Waals surface area contributed by atoms with Gasteiger partial charge in [-0.25, -0.2) is 0 Å². The Hall–Kier alpha value is -0.340. The van der Waals surface area contributed by atoms with Crippen molar-refractivity contribution in [2.75, 3.05) is 0 Å². The molecule has 1 unspecified atom stereocenters. The van der Waals surface area contributed by atoms with Crippen molar-refractivity contribution in [1.29, 1.82) is 0 Å². The molecule has 14 heavy (non-hydrogen) atoms. The monoisotopic (exact) mass is 255 g/mol. The normalized spacial score (nSPS) is 13.3. The Kier molecular flexibility index (Phi) is 4.14. The van der Waals surface area contributed by atoms with Crippen LogP contribution in [0.4, 0.5) is 0 Å². The zero-order valence-electron chi connectivity index (χ0n) is 9.05. The van der Waals surface area contributed by atoms with Crippen LogP contribution in [-0.2, 0) is 0 Å². The second-order valence-corrected chi connectivity index (χ2v) is 5.04. The van der Waals surface area contributed by atoms with E-state index < -0.39 is 0 Å². The van der Waals surface area contributed by atoms with E-state index in [1.54, 1.807) is 0 Å². The molecular formula is C12H18BrN. The summed E-state index contributed by atoms with van der Waals surface area (Å²) < 4.78 is 1.15. The Labute approximate surface area is 94.8 Å². The van der Waals surface area contributed by atoms with Gasteiger partial charge in [-0.3, -0.25) is 0 Å². The number of nitrogens with two attached hydrogens (primary N) is 1. The maximum atomic E-state index is 6.14. The first-order chi connectivity index (χ1) is 6.52. The Balaban J connectivity index is 2.89. The summed E-state index contributed by atoms with van der Waals surface area (Å²) in [7, 11) is 0. The molecule has 0 aliphatic heterocycles. The Bertz CT molecular complexity index is 307. The molecule has 0 amide bonds. The van der Waals surface area contributed by atoms with Crippen molar-refractivity contribution in [1.82, 2.24) is 0 Å². The molecule has 0 heterocycles. The summed E-state index contributed by atoms with van der Waals surface area (Å²) in [5, 5.41) is 0. The standard InChI is InChI=1S/C12H18BrN/c1-8(2)7-12(14)10-5-4-6-11(13)9(10)3/h4-6,8,12H,7,14H2,1-3H3. The van der Waals surface area contributed by atoms with Crippen LogP contribution in [0.2, 0.25) is 0 Å². The van der Waals surface area contributed by atoms with E-state index in [4.69, 9.17) is 5.73 Å². The van der Waals surface area contributed by atoms with E-state index in [1.807, 2.05) is 6.07 Å². The molecule has 1 atom stereocenters. The van der Waals surface area contributed by atoms with Gasteiger partial charge in [0.1, 0.15) is 0 Å². The van der Waals surface area contributed by atoms with Gasteiger partial charge in [0.05, 0.1) is 0 Å². The summed E-state index contributed by atoms with van der Waals surface area (Å²) >= 11 is 3.53. The third kappa shape index (κ3) is 2.82. The second kappa shape index (κ2) is 4.94. The molecule has 0 fully saturated rings. The molecule has 1 aromatic carbocycles. The molecule has 0 aromatic heterocycles. The Morgan fingerprint density at radius 1 is 1.36 bits per heavy atom. The van der Waals surface area contributed by atoms with Crippen LogP contribution in [0.5, 0.6) is 0 Å². The quantitative estimate of drug-likeness (QED) is 0.874. The van der Waals surface area contributed by atoms with Gasteiger partial charge in [-0.1, -0.05) is 41.9 Å². The van der Waals surface area contributed by atoms with Crippen molar-refractivity contribution >= 4 is 15.9 Å². The lowest BCUT2D eigenvalue weighted by Crippen LogP contribution is -2.14. The molecule has 0 spiro atoms. The summed E-state index contributed by atoms with van der Waals surface area (Å²) in [5.41, 5.74) is 8.67. The number of halogens is 1. The topological polar surface area (TPSA) is 26.0 Å². The molecule has 0 aliphatic rings. The van der Waals surface area contributed by atoms with Gasteiger partial charge >= 0.3 is 0 Å². The fourth-order valence-corrected chi connectivity index (χ4v) is 2.04. The van der Waals surface area contributed by atoms with Crippen LogP contribution in [0.25, 0.3) is 0 Å². The SMILES string of the molecule is Cc1c(Br)cccc1C(N)CC(C)C. The third-order valence-electron chi connectivity index (χ3n) is 2.43. The van der Waals surface area contributed by atoms with Gasteiger partial charge in [-0.2, -0.15) is 0 Å². The lowest BCUT2D eigenvalue weighted by Gasteiger charge is -2.17. The minimum atomic E-state index is 0.160. The zero-order valence-corrected chi connectivity index (χ0v) is 10.6. The van der Waals surface area contributed by atoms with E-state index in [9.17, 15) is 0 Å². The van der Waals surface area contributed by atoms with E-state index in [1.165, 1.54) is 11.1 Å². The first-order valence-electron chi connectivity index (χ1n) is 5.03. The first-order valence-corrected chi connectivity index (χ1v) is 5.82. The van der Waals surface area contributed by atoms with Gasteiger partial charge in [0.15, 0.2) is 0 Å². The highest BCUT2D eigenvalue weighted by Crippen LogP contribution is 2.26. The van der Waals surface area contributed by atoms with E-state index >= 15 is 0 Å². The molecule has 0 radical (unpaired) electrons. The van der Waals surface area contributed by atoms with Gasteiger partial charge in [-0.15, -0.1) is 0 Å². The lowest BCUT2D eigenvalue weighted by molar-refractivity contribution is 0.508. The smallest absolute Gasteiger partial charge is 0.0300 e. The maximum absolute atomic E-state index is 6.14. The highest BCUT2D eigenvalue weighted by atomic mass is 79.9. The summed E-state index contributed by atoms with van der Waals surface area (Å²) in [6.07, 6.45) is 1.04. The molecule has 2 heteroatoms. The van der Waals surface area contributed by atoms with Crippen LogP contribution in [-0.4, -0.2) is 0 Å². The van der Waals surface area contributed by atoms with E-state index in [0.717, 1.165) is 10.9 Å². The maximum Gasteiger partial charge on any atom is 0.0300 e. The minimum Gasteiger partial charge on any atom is -0.324 e. The molecule has 2 N–H and O–H groups in total. The van der Waals surface area contributed by atoms with Crippen LogP contribution >= 0.6 is 15.9 Å². The number of benzene rings is 1. The summed E-state index contributed by atoms with van der Waals surface area (Å²) in [5.74, 6) is 0.642. The van der Waals surface area contributed by atoms with Crippen LogP contribution in [0.3, 0.4) is 0 Å². The van der Waals surface area contributed by atoms with Gasteiger partial charge in [-0.05, 0) is 36.5 Å². The Morgan fingerprint density at radius 3 is 2.57 bits per heavy atom. The third-order valence-corrected chi connectivity index (χ3v) is 3.29. The average Bonchev–Trinajstić information content (AvgIpc) is 2.08. The van der Waals surface area contributed by atoms with Crippen LogP contribution in [0, 0.1) is 12.8 Å². The molecule has 1 nitrogen and oxygen atoms in total.